The Kier molecular flexibility index (Phi) is 5.90. The van der Waals surface area contributed by atoms with Crippen LogP contribution in [0.2, 0.25) is 0 Å². The van der Waals surface area contributed by atoms with E-state index in [1.807, 2.05) is 12.1 Å². The molecule has 2 heteroatoms. The minimum atomic E-state index is 0.350. The Labute approximate surface area is 123 Å². The van der Waals surface area contributed by atoms with Gasteiger partial charge in [0.1, 0.15) is 5.75 Å². The molecule has 0 amide bonds. The number of aromatic hydroxyl groups is 1. The molecule has 0 aromatic heterocycles. The van der Waals surface area contributed by atoms with Gasteiger partial charge in [-0.3, -0.25) is 0 Å². The van der Waals surface area contributed by atoms with Crippen molar-refractivity contribution < 1.29 is 5.11 Å². The first-order valence-electron chi connectivity index (χ1n) is 8.23. The molecule has 2 atom stereocenters. The highest BCUT2D eigenvalue weighted by Crippen LogP contribution is 2.28. The third-order valence-electron chi connectivity index (χ3n) is 4.64. The van der Waals surface area contributed by atoms with E-state index >= 15 is 0 Å². The lowest BCUT2D eigenvalue weighted by molar-refractivity contribution is 0.248. The molecular weight excluding hydrogens is 246 g/mol. The highest BCUT2D eigenvalue weighted by atomic mass is 16.3. The zero-order valence-electron chi connectivity index (χ0n) is 12.9. The monoisotopic (exact) mass is 275 g/mol. The number of hydrogen-bond donors (Lipinski definition) is 2. The Balaban J connectivity index is 1.84. The highest BCUT2D eigenvalue weighted by Gasteiger charge is 2.23. The number of rotatable bonds is 6. The summed E-state index contributed by atoms with van der Waals surface area (Å²) in [7, 11) is 0. The molecule has 0 aliphatic heterocycles. The standard InChI is InChI=1S/C18H29NO/c1-3-18(16-7-5-4-6-8-16)19-14(2)13-15-9-11-17(20)12-10-15/h9-12,14,16,18-20H,3-8,13H2,1-2H3. The molecule has 20 heavy (non-hydrogen) atoms. The second-order valence-electron chi connectivity index (χ2n) is 6.35. The summed E-state index contributed by atoms with van der Waals surface area (Å²) >= 11 is 0. The maximum Gasteiger partial charge on any atom is 0.115 e. The molecule has 1 fully saturated rings. The fourth-order valence-electron chi connectivity index (χ4n) is 3.53. The summed E-state index contributed by atoms with van der Waals surface area (Å²) in [6.45, 7) is 4.58. The van der Waals surface area contributed by atoms with Crippen molar-refractivity contribution in [2.45, 2.75) is 70.9 Å². The lowest BCUT2D eigenvalue weighted by atomic mass is 9.82. The predicted molar refractivity (Wildman–Crippen MR) is 85.1 cm³/mol. The minimum absolute atomic E-state index is 0.350. The number of hydrogen-bond acceptors (Lipinski definition) is 2. The van der Waals surface area contributed by atoms with Crippen LogP contribution in [-0.4, -0.2) is 17.2 Å². The van der Waals surface area contributed by atoms with Crippen molar-refractivity contribution in [1.29, 1.82) is 0 Å². The normalized spacial score (nSPS) is 19.7. The fraction of sp³-hybridized carbons (Fsp3) is 0.667. The van der Waals surface area contributed by atoms with Crippen LogP contribution in [0.4, 0.5) is 0 Å². The first-order valence-corrected chi connectivity index (χ1v) is 8.23. The second-order valence-corrected chi connectivity index (χ2v) is 6.35. The molecule has 0 saturated heterocycles. The minimum Gasteiger partial charge on any atom is -0.508 e. The molecule has 2 nitrogen and oxygen atoms in total. The molecule has 1 aromatic rings. The number of nitrogens with one attached hydrogen (secondary N) is 1. The van der Waals surface area contributed by atoms with Gasteiger partial charge in [-0.1, -0.05) is 38.3 Å². The van der Waals surface area contributed by atoms with E-state index in [1.165, 1.54) is 44.1 Å². The number of phenols is 1. The second kappa shape index (κ2) is 7.68. The van der Waals surface area contributed by atoms with Gasteiger partial charge >= 0.3 is 0 Å². The van der Waals surface area contributed by atoms with Crippen LogP contribution in [0.25, 0.3) is 0 Å². The molecule has 0 radical (unpaired) electrons. The van der Waals surface area contributed by atoms with Gasteiger partial charge in [0.25, 0.3) is 0 Å². The van der Waals surface area contributed by atoms with Crippen molar-refractivity contribution in [2.24, 2.45) is 5.92 Å². The SMILES string of the molecule is CCC(NC(C)Cc1ccc(O)cc1)C1CCCCC1. The summed E-state index contributed by atoms with van der Waals surface area (Å²) in [5.41, 5.74) is 1.29. The Hall–Kier alpha value is -1.02. The van der Waals surface area contributed by atoms with E-state index in [9.17, 15) is 5.11 Å². The summed E-state index contributed by atoms with van der Waals surface area (Å²) in [5, 5.41) is 13.2. The summed E-state index contributed by atoms with van der Waals surface area (Å²) in [5.74, 6) is 1.22. The summed E-state index contributed by atoms with van der Waals surface area (Å²) in [6.07, 6.45) is 9.31. The van der Waals surface area contributed by atoms with Gasteiger partial charge in [0, 0.05) is 12.1 Å². The van der Waals surface area contributed by atoms with Gasteiger partial charge in [-0.05, 0) is 56.2 Å². The Bertz CT molecular complexity index is 381. The average Bonchev–Trinajstić information content (AvgIpc) is 2.48. The largest absolute Gasteiger partial charge is 0.508 e. The molecule has 0 spiro atoms. The van der Waals surface area contributed by atoms with Gasteiger partial charge in [0.05, 0.1) is 0 Å². The summed E-state index contributed by atoms with van der Waals surface area (Å²) in [6, 6.07) is 8.76. The van der Waals surface area contributed by atoms with Gasteiger partial charge < -0.3 is 10.4 Å². The van der Waals surface area contributed by atoms with E-state index in [-0.39, 0.29) is 0 Å². The molecule has 2 rings (SSSR count). The molecule has 1 aliphatic carbocycles. The quantitative estimate of drug-likeness (QED) is 0.812. The van der Waals surface area contributed by atoms with Crippen molar-refractivity contribution >= 4 is 0 Å². The van der Waals surface area contributed by atoms with Crippen molar-refractivity contribution in [3.63, 3.8) is 0 Å². The topological polar surface area (TPSA) is 32.3 Å². The molecule has 112 valence electrons. The third kappa shape index (κ3) is 4.52. The summed E-state index contributed by atoms with van der Waals surface area (Å²) < 4.78 is 0. The Morgan fingerprint density at radius 2 is 1.80 bits per heavy atom. The van der Waals surface area contributed by atoms with Gasteiger partial charge in [0.15, 0.2) is 0 Å². The van der Waals surface area contributed by atoms with Crippen LogP contribution in [0.1, 0.15) is 57.9 Å². The van der Waals surface area contributed by atoms with E-state index in [2.05, 4.69) is 19.2 Å². The van der Waals surface area contributed by atoms with Crippen LogP contribution < -0.4 is 5.32 Å². The first-order chi connectivity index (χ1) is 9.69. The Morgan fingerprint density at radius 1 is 1.15 bits per heavy atom. The zero-order chi connectivity index (χ0) is 14.4. The zero-order valence-corrected chi connectivity index (χ0v) is 12.9. The number of phenolic OH excluding ortho intramolecular Hbond substituents is 1. The molecule has 2 unspecified atom stereocenters. The van der Waals surface area contributed by atoms with Gasteiger partial charge in [-0.2, -0.15) is 0 Å². The molecule has 1 aliphatic rings. The van der Waals surface area contributed by atoms with Crippen LogP contribution >= 0.6 is 0 Å². The summed E-state index contributed by atoms with van der Waals surface area (Å²) in [4.78, 5) is 0. The number of benzene rings is 1. The van der Waals surface area contributed by atoms with E-state index in [4.69, 9.17) is 0 Å². The molecule has 2 N–H and O–H groups in total. The third-order valence-corrected chi connectivity index (χ3v) is 4.64. The van der Waals surface area contributed by atoms with Crippen molar-refractivity contribution in [1.82, 2.24) is 5.32 Å². The van der Waals surface area contributed by atoms with E-state index in [1.54, 1.807) is 12.1 Å². The van der Waals surface area contributed by atoms with E-state index < -0.39 is 0 Å². The first kappa shape index (κ1) is 15.4. The smallest absolute Gasteiger partial charge is 0.115 e. The lowest BCUT2D eigenvalue weighted by Gasteiger charge is -2.32. The molecule has 1 saturated carbocycles. The molecule has 0 heterocycles. The lowest BCUT2D eigenvalue weighted by Crippen LogP contribution is -2.42. The van der Waals surface area contributed by atoms with Gasteiger partial charge in [-0.15, -0.1) is 0 Å². The van der Waals surface area contributed by atoms with Gasteiger partial charge in [-0.25, -0.2) is 0 Å². The average molecular weight is 275 g/mol. The van der Waals surface area contributed by atoms with E-state index in [0.717, 1.165) is 12.3 Å². The molecule has 0 bridgehead atoms. The maximum atomic E-state index is 9.33. The Morgan fingerprint density at radius 3 is 2.40 bits per heavy atom. The van der Waals surface area contributed by atoms with Crippen LogP contribution in [0, 0.1) is 5.92 Å². The van der Waals surface area contributed by atoms with Gasteiger partial charge in [0.2, 0.25) is 0 Å². The van der Waals surface area contributed by atoms with Crippen LogP contribution in [0.3, 0.4) is 0 Å². The molecule has 1 aromatic carbocycles. The van der Waals surface area contributed by atoms with E-state index in [0.29, 0.717) is 17.8 Å². The highest BCUT2D eigenvalue weighted by molar-refractivity contribution is 5.26. The van der Waals surface area contributed by atoms with Crippen LogP contribution in [-0.2, 0) is 6.42 Å². The van der Waals surface area contributed by atoms with Crippen molar-refractivity contribution in [3.8, 4) is 5.75 Å². The maximum absolute atomic E-state index is 9.33. The predicted octanol–water partition coefficient (Wildman–Crippen LogP) is 4.27. The fourth-order valence-corrected chi connectivity index (χ4v) is 3.53. The molecular formula is C18H29NO. The van der Waals surface area contributed by atoms with Crippen molar-refractivity contribution in [2.75, 3.05) is 0 Å². The van der Waals surface area contributed by atoms with Crippen LogP contribution in [0.15, 0.2) is 24.3 Å². The van der Waals surface area contributed by atoms with Crippen molar-refractivity contribution in [3.05, 3.63) is 29.8 Å². The van der Waals surface area contributed by atoms with Crippen LogP contribution in [0.5, 0.6) is 5.75 Å².